The minimum absolute atomic E-state index is 0.0714. The Balaban J connectivity index is 4.18. The lowest BCUT2D eigenvalue weighted by atomic mass is 9.90. The van der Waals surface area contributed by atoms with Gasteiger partial charge in [-0.25, -0.2) is 0 Å². The largest absolute Gasteiger partial charge is 0.396 e. The van der Waals surface area contributed by atoms with Crippen molar-refractivity contribution in [1.29, 1.82) is 0 Å². The summed E-state index contributed by atoms with van der Waals surface area (Å²) in [7, 11) is 0. The molecule has 0 amide bonds. The van der Waals surface area contributed by atoms with Gasteiger partial charge in [-0.15, -0.1) is 13.2 Å². The van der Waals surface area contributed by atoms with E-state index in [2.05, 4.69) is 13.2 Å². The second-order valence-electron chi connectivity index (χ2n) is 6.02. The van der Waals surface area contributed by atoms with Gasteiger partial charge in [-0.1, -0.05) is 30.7 Å². The first-order chi connectivity index (χ1) is 10.5. The number of carbonyl (C=O) groups excluding carboxylic acids is 1. The number of rotatable bonds is 13. The molecule has 0 unspecified atom stereocenters. The number of allylic oxidation sites excluding steroid dienone is 2. The average molecular weight is 308 g/mol. The molecule has 3 atom stereocenters. The third-order valence-electron chi connectivity index (χ3n) is 3.95. The van der Waals surface area contributed by atoms with E-state index in [9.17, 15) is 15.0 Å². The first-order valence-electron chi connectivity index (χ1n) is 8.17. The average Bonchev–Trinajstić information content (AvgIpc) is 2.50. The maximum absolute atomic E-state index is 11.8. The van der Waals surface area contributed by atoms with Gasteiger partial charge in [0.05, 0.1) is 12.7 Å². The molecule has 0 fully saturated rings. The van der Waals surface area contributed by atoms with Crippen molar-refractivity contribution in [2.75, 3.05) is 6.61 Å². The summed E-state index contributed by atoms with van der Waals surface area (Å²) in [4.78, 5) is 11.8. The van der Waals surface area contributed by atoms with Gasteiger partial charge in [-0.2, -0.15) is 0 Å². The van der Waals surface area contributed by atoms with E-state index in [0.717, 1.165) is 31.3 Å². The van der Waals surface area contributed by atoms with Gasteiger partial charge in [0.15, 0.2) is 0 Å². The summed E-state index contributed by atoms with van der Waals surface area (Å²) in [5, 5.41) is 19.3. The van der Waals surface area contributed by atoms with Crippen molar-refractivity contribution in [1.82, 2.24) is 0 Å². The van der Waals surface area contributed by atoms with Crippen molar-refractivity contribution >= 4 is 5.78 Å². The van der Waals surface area contributed by atoms with Crippen molar-refractivity contribution in [2.45, 2.75) is 58.5 Å². The number of aliphatic hydroxyl groups excluding tert-OH is 2. The standard InChI is InChI=1S/C19H32O3/c1-5-7-8-9-10-18(21)12-11-15(3)13-16(4)19(22)17(6-2)14-20/h5-6,13,16-17,19-20,22H,1-2,7-12,14H2,3-4H3/b15-13-/t16-,17-,19+/m1/s1. The molecule has 0 aliphatic carbocycles. The predicted octanol–water partition coefficient (Wildman–Crippen LogP) is 3.82. The molecular weight excluding hydrogens is 276 g/mol. The molecule has 22 heavy (non-hydrogen) atoms. The summed E-state index contributed by atoms with van der Waals surface area (Å²) in [5.41, 5.74) is 1.10. The fourth-order valence-corrected chi connectivity index (χ4v) is 2.42. The molecule has 0 aromatic carbocycles. The predicted molar refractivity (Wildman–Crippen MR) is 92.6 cm³/mol. The van der Waals surface area contributed by atoms with Crippen LogP contribution in [0.2, 0.25) is 0 Å². The normalized spacial score (nSPS) is 15.9. The maximum atomic E-state index is 11.8. The molecule has 0 spiro atoms. The highest BCUT2D eigenvalue weighted by Gasteiger charge is 2.20. The molecule has 0 saturated carbocycles. The van der Waals surface area contributed by atoms with E-state index >= 15 is 0 Å². The summed E-state index contributed by atoms with van der Waals surface area (Å²) in [6, 6.07) is 0. The van der Waals surface area contributed by atoms with Gasteiger partial charge in [0, 0.05) is 24.7 Å². The number of unbranched alkanes of at least 4 members (excludes halogenated alkanes) is 2. The summed E-state index contributed by atoms with van der Waals surface area (Å²) in [6.07, 6.45) is 9.66. The molecule has 126 valence electrons. The third-order valence-corrected chi connectivity index (χ3v) is 3.95. The lowest BCUT2D eigenvalue weighted by molar-refractivity contribution is -0.119. The Morgan fingerprint density at radius 1 is 1.18 bits per heavy atom. The van der Waals surface area contributed by atoms with Gasteiger partial charge < -0.3 is 10.2 Å². The highest BCUT2D eigenvalue weighted by atomic mass is 16.3. The van der Waals surface area contributed by atoms with Crippen LogP contribution in [0.4, 0.5) is 0 Å². The Morgan fingerprint density at radius 2 is 1.86 bits per heavy atom. The van der Waals surface area contributed by atoms with Crippen LogP contribution in [-0.2, 0) is 4.79 Å². The van der Waals surface area contributed by atoms with Crippen molar-refractivity contribution in [3.05, 3.63) is 37.0 Å². The van der Waals surface area contributed by atoms with Crippen LogP contribution < -0.4 is 0 Å². The topological polar surface area (TPSA) is 57.5 Å². The smallest absolute Gasteiger partial charge is 0.133 e. The first-order valence-corrected chi connectivity index (χ1v) is 8.17. The summed E-state index contributed by atoms with van der Waals surface area (Å²) >= 11 is 0. The van der Waals surface area contributed by atoms with Crippen molar-refractivity contribution in [3.63, 3.8) is 0 Å². The van der Waals surface area contributed by atoms with Crippen molar-refractivity contribution < 1.29 is 15.0 Å². The number of carbonyl (C=O) groups is 1. The molecule has 3 nitrogen and oxygen atoms in total. The highest BCUT2D eigenvalue weighted by Crippen LogP contribution is 2.19. The van der Waals surface area contributed by atoms with E-state index < -0.39 is 6.10 Å². The van der Waals surface area contributed by atoms with E-state index in [1.54, 1.807) is 6.08 Å². The quantitative estimate of drug-likeness (QED) is 0.402. The molecule has 0 radical (unpaired) electrons. The number of Topliss-reactive ketones (excluding diaryl/α,β-unsaturated/α-hetero) is 1. The second kappa shape index (κ2) is 12.4. The molecule has 0 heterocycles. The number of hydrogen-bond acceptors (Lipinski definition) is 3. The Kier molecular flexibility index (Phi) is 11.7. The van der Waals surface area contributed by atoms with E-state index in [1.807, 2.05) is 26.0 Å². The SMILES string of the molecule is C=CCCCCC(=O)CC/C(C)=C\[C@@H](C)[C@H](O)[C@H](C=C)CO. The van der Waals surface area contributed by atoms with Crippen LogP contribution in [0.25, 0.3) is 0 Å². The van der Waals surface area contributed by atoms with Gasteiger partial charge in [0.1, 0.15) is 5.78 Å². The third kappa shape index (κ3) is 8.96. The van der Waals surface area contributed by atoms with E-state index in [0.29, 0.717) is 18.6 Å². The van der Waals surface area contributed by atoms with Crippen LogP contribution >= 0.6 is 0 Å². The van der Waals surface area contributed by atoms with Crippen LogP contribution in [-0.4, -0.2) is 28.7 Å². The van der Waals surface area contributed by atoms with Crippen LogP contribution in [0, 0.1) is 11.8 Å². The van der Waals surface area contributed by atoms with Gasteiger partial charge in [-0.05, 0) is 32.6 Å². The Bertz CT molecular complexity index is 371. The first kappa shape index (κ1) is 20.8. The Morgan fingerprint density at radius 3 is 2.41 bits per heavy atom. The Labute approximate surface area is 135 Å². The molecule has 0 aliphatic heterocycles. The van der Waals surface area contributed by atoms with Gasteiger partial charge >= 0.3 is 0 Å². The number of ketones is 1. The molecule has 2 N–H and O–H groups in total. The molecule has 0 saturated heterocycles. The Hall–Kier alpha value is -1.19. The van der Waals surface area contributed by atoms with Gasteiger partial charge in [0.2, 0.25) is 0 Å². The maximum Gasteiger partial charge on any atom is 0.133 e. The van der Waals surface area contributed by atoms with Crippen LogP contribution in [0.3, 0.4) is 0 Å². The molecule has 0 aromatic rings. The number of hydrogen-bond donors (Lipinski definition) is 2. The summed E-state index contributed by atoms with van der Waals surface area (Å²) in [6.45, 7) is 11.1. The minimum Gasteiger partial charge on any atom is -0.396 e. The van der Waals surface area contributed by atoms with Crippen LogP contribution in [0.1, 0.15) is 52.4 Å². The molecule has 0 bridgehead atoms. The molecular formula is C19H32O3. The zero-order valence-corrected chi connectivity index (χ0v) is 14.1. The highest BCUT2D eigenvalue weighted by molar-refractivity contribution is 5.78. The lowest BCUT2D eigenvalue weighted by Gasteiger charge is -2.22. The van der Waals surface area contributed by atoms with Crippen molar-refractivity contribution in [2.24, 2.45) is 11.8 Å². The lowest BCUT2D eigenvalue weighted by Crippen LogP contribution is -2.27. The molecule has 0 rings (SSSR count). The monoisotopic (exact) mass is 308 g/mol. The van der Waals surface area contributed by atoms with E-state index in [1.165, 1.54) is 0 Å². The van der Waals surface area contributed by atoms with E-state index in [-0.39, 0.29) is 18.4 Å². The molecule has 0 aromatic heterocycles. The zero-order chi connectivity index (χ0) is 17.0. The fraction of sp³-hybridized carbons (Fsp3) is 0.632. The molecule has 0 aliphatic rings. The number of aliphatic hydroxyl groups is 2. The summed E-state index contributed by atoms with van der Waals surface area (Å²) < 4.78 is 0. The minimum atomic E-state index is -0.646. The van der Waals surface area contributed by atoms with Crippen molar-refractivity contribution in [3.8, 4) is 0 Å². The zero-order valence-electron chi connectivity index (χ0n) is 14.1. The second-order valence-corrected chi connectivity index (χ2v) is 6.02. The van der Waals surface area contributed by atoms with Gasteiger partial charge in [-0.3, -0.25) is 4.79 Å². The van der Waals surface area contributed by atoms with Gasteiger partial charge in [0.25, 0.3) is 0 Å². The van der Waals surface area contributed by atoms with E-state index in [4.69, 9.17) is 0 Å². The summed E-state index contributed by atoms with van der Waals surface area (Å²) in [5.74, 6) is -0.0901. The molecule has 3 heteroatoms. The fourth-order valence-electron chi connectivity index (χ4n) is 2.42. The van der Waals surface area contributed by atoms with Crippen LogP contribution in [0.5, 0.6) is 0 Å². The van der Waals surface area contributed by atoms with Crippen LogP contribution in [0.15, 0.2) is 37.0 Å².